The van der Waals surface area contributed by atoms with E-state index in [9.17, 15) is 0 Å². The summed E-state index contributed by atoms with van der Waals surface area (Å²) in [6, 6.07) is 8.20. The fraction of sp³-hybridized carbons (Fsp3) is 0.500. The third-order valence-corrected chi connectivity index (χ3v) is 4.63. The van der Waals surface area contributed by atoms with E-state index in [1.54, 1.807) is 0 Å². The first-order chi connectivity index (χ1) is 8.22. The van der Waals surface area contributed by atoms with Crippen molar-refractivity contribution in [2.24, 2.45) is 5.41 Å². The maximum Gasteiger partial charge on any atom is 0.101 e. The Balaban J connectivity index is 1.82. The van der Waals surface area contributed by atoms with Crippen molar-refractivity contribution < 1.29 is 0 Å². The van der Waals surface area contributed by atoms with E-state index in [0.29, 0.717) is 5.41 Å². The van der Waals surface area contributed by atoms with E-state index in [-0.39, 0.29) is 0 Å². The Morgan fingerprint density at radius 1 is 1.24 bits per heavy atom. The molecule has 2 aliphatic rings. The van der Waals surface area contributed by atoms with Crippen molar-refractivity contribution in [2.75, 3.05) is 18.0 Å². The standard InChI is InChI=1S/C14H15BrN2/c15-12-4-3-11(8-16)13(7-12)17-9-14(10-17)5-1-2-6-14/h3-4,7H,1-2,5-6,9-10H2. The second-order valence-corrected chi connectivity index (χ2v) is 6.25. The van der Waals surface area contributed by atoms with Crippen molar-refractivity contribution in [2.45, 2.75) is 25.7 Å². The number of anilines is 1. The number of rotatable bonds is 1. The van der Waals surface area contributed by atoms with Crippen LogP contribution in [-0.4, -0.2) is 13.1 Å². The minimum atomic E-state index is 0.578. The van der Waals surface area contributed by atoms with Crippen molar-refractivity contribution in [1.29, 1.82) is 5.26 Å². The summed E-state index contributed by atoms with van der Waals surface area (Å²) < 4.78 is 1.05. The van der Waals surface area contributed by atoms with Gasteiger partial charge in [-0.1, -0.05) is 28.8 Å². The van der Waals surface area contributed by atoms with Gasteiger partial charge in [-0.15, -0.1) is 0 Å². The van der Waals surface area contributed by atoms with E-state index >= 15 is 0 Å². The molecule has 1 saturated carbocycles. The van der Waals surface area contributed by atoms with Crippen LogP contribution in [0.5, 0.6) is 0 Å². The maximum absolute atomic E-state index is 9.14. The molecule has 1 aliphatic heterocycles. The Kier molecular flexibility index (Phi) is 2.63. The van der Waals surface area contributed by atoms with Crippen LogP contribution in [0.4, 0.5) is 5.69 Å². The minimum absolute atomic E-state index is 0.578. The van der Waals surface area contributed by atoms with Gasteiger partial charge in [-0.3, -0.25) is 0 Å². The molecule has 2 fully saturated rings. The summed E-state index contributed by atoms with van der Waals surface area (Å²) in [7, 11) is 0. The second-order valence-electron chi connectivity index (χ2n) is 5.34. The lowest BCUT2D eigenvalue weighted by Gasteiger charge is -2.50. The van der Waals surface area contributed by atoms with E-state index in [0.717, 1.165) is 28.8 Å². The van der Waals surface area contributed by atoms with Gasteiger partial charge in [-0.25, -0.2) is 0 Å². The first kappa shape index (κ1) is 11.1. The molecule has 0 aromatic heterocycles. The molecular formula is C14H15BrN2. The van der Waals surface area contributed by atoms with E-state index < -0.39 is 0 Å². The molecule has 0 atom stereocenters. The molecule has 1 spiro atoms. The molecule has 1 heterocycles. The summed E-state index contributed by atoms with van der Waals surface area (Å²) >= 11 is 3.49. The first-order valence-corrected chi connectivity index (χ1v) is 6.96. The zero-order valence-electron chi connectivity index (χ0n) is 9.75. The van der Waals surface area contributed by atoms with Gasteiger partial charge in [-0.05, 0) is 31.0 Å². The SMILES string of the molecule is N#Cc1ccc(Br)cc1N1CC2(CCCC2)C1. The monoisotopic (exact) mass is 290 g/mol. The molecule has 3 rings (SSSR count). The fourth-order valence-corrected chi connectivity index (χ4v) is 3.58. The van der Waals surface area contributed by atoms with Crippen molar-refractivity contribution in [3.8, 4) is 6.07 Å². The quantitative estimate of drug-likeness (QED) is 0.789. The lowest BCUT2D eigenvalue weighted by atomic mass is 9.78. The van der Waals surface area contributed by atoms with E-state index in [1.807, 2.05) is 12.1 Å². The molecule has 0 N–H and O–H groups in total. The normalized spacial score (nSPS) is 21.3. The summed E-state index contributed by atoms with van der Waals surface area (Å²) in [5, 5.41) is 9.14. The average Bonchev–Trinajstić information content (AvgIpc) is 2.76. The summed E-state index contributed by atoms with van der Waals surface area (Å²) in [5.74, 6) is 0. The number of nitriles is 1. The Hall–Kier alpha value is -1.01. The minimum Gasteiger partial charge on any atom is -0.369 e. The molecule has 1 aromatic rings. The topological polar surface area (TPSA) is 27.0 Å². The lowest BCUT2D eigenvalue weighted by molar-refractivity contribution is 0.222. The Bertz CT molecular complexity index is 475. The van der Waals surface area contributed by atoms with Gasteiger partial charge >= 0.3 is 0 Å². The number of hydrogen-bond acceptors (Lipinski definition) is 2. The highest BCUT2D eigenvalue weighted by Crippen LogP contribution is 2.47. The van der Waals surface area contributed by atoms with E-state index in [4.69, 9.17) is 5.26 Å². The van der Waals surface area contributed by atoms with Gasteiger partial charge in [0.15, 0.2) is 0 Å². The predicted molar refractivity (Wildman–Crippen MR) is 72.0 cm³/mol. The second kappa shape index (κ2) is 4.03. The average molecular weight is 291 g/mol. The van der Waals surface area contributed by atoms with Gasteiger partial charge in [0, 0.05) is 23.0 Å². The summed E-state index contributed by atoms with van der Waals surface area (Å²) in [4.78, 5) is 2.36. The number of benzene rings is 1. The molecule has 17 heavy (non-hydrogen) atoms. The zero-order valence-corrected chi connectivity index (χ0v) is 11.3. The van der Waals surface area contributed by atoms with Crippen LogP contribution in [0.3, 0.4) is 0 Å². The Morgan fingerprint density at radius 3 is 2.59 bits per heavy atom. The molecule has 0 radical (unpaired) electrons. The summed E-state index contributed by atoms with van der Waals surface area (Å²) in [5.41, 5.74) is 2.47. The number of halogens is 1. The fourth-order valence-electron chi connectivity index (χ4n) is 3.24. The van der Waals surface area contributed by atoms with Gasteiger partial charge in [0.25, 0.3) is 0 Å². The van der Waals surface area contributed by atoms with Crippen LogP contribution in [0.1, 0.15) is 31.2 Å². The van der Waals surface area contributed by atoms with Gasteiger partial charge in [0.2, 0.25) is 0 Å². The highest BCUT2D eigenvalue weighted by atomic mass is 79.9. The third kappa shape index (κ3) is 1.85. The smallest absolute Gasteiger partial charge is 0.101 e. The summed E-state index contributed by atoms with van der Waals surface area (Å²) in [6.07, 6.45) is 5.52. The molecule has 2 nitrogen and oxygen atoms in total. The molecule has 88 valence electrons. The summed E-state index contributed by atoms with van der Waals surface area (Å²) in [6.45, 7) is 2.27. The lowest BCUT2D eigenvalue weighted by Crippen LogP contribution is -2.55. The molecule has 0 unspecified atom stereocenters. The number of hydrogen-bond donors (Lipinski definition) is 0. The van der Waals surface area contributed by atoms with Gasteiger partial charge < -0.3 is 4.90 Å². The maximum atomic E-state index is 9.14. The molecule has 1 aromatic carbocycles. The molecule has 0 amide bonds. The first-order valence-electron chi connectivity index (χ1n) is 6.17. The van der Waals surface area contributed by atoms with Crippen molar-refractivity contribution in [3.05, 3.63) is 28.2 Å². The molecule has 1 aliphatic carbocycles. The third-order valence-electron chi connectivity index (χ3n) is 4.14. The molecule has 1 saturated heterocycles. The molecule has 0 bridgehead atoms. The van der Waals surface area contributed by atoms with Crippen LogP contribution in [0, 0.1) is 16.7 Å². The van der Waals surface area contributed by atoms with Crippen LogP contribution in [0.15, 0.2) is 22.7 Å². The number of nitrogens with zero attached hydrogens (tertiary/aromatic N) is 2. The van der Waals surface area contributed by atoms with Crippen molar-refractivity contribution >= 4 is 21.6 Å². The Morgan fingerprint density at radius 2 is 1.94 bits per heavy atom. The van der Waals surface area contributed by atoms with E-state index in [1.165, 1.54) is 25.7 Å². The van der Waals surface area contributed by atoms with Crippen molar-refractivity contribution in [1.82, 2.24) is 0 Å². The predicted octanol–water partition coefficient (Wildman–Crippen LogP) is 3.70. The highest BCUT2D eigenvalue weighted by Gasteiger charge is 2.45. The van der Waals surface area contributed by atoms with Gasteiger partial charge in [-0.2, -0.15) is 5.26 Å². The van der Waals surface area contributed by atoms with Crippen LogP contribution in [-0.2, 0) is 0 Å². The van der Waals surface area contributed by atoms with Gasteiger partial charge in [0.05, 0.1) is 11.3 Å². The van der Waals surface area contributed by atoms with E-state index in [2.05, 4.69) is 33.0 Å². The molecular weight excluding hydrogens is 276 g/mol. The van der Waals surface area contributed by atoms with Gasteiger partial charge in [0.1, 0.15) is 6.07 Å². The molecule has 3 heteroatoms. The largest absolute Gasteiger partial charge is 0.369 e. The van der Waals surface area contributed by atoms with Crippen LogP contribution in [0.2, 0.25) is 0 Å². The van der Waals surface area contributed by atoms with Crippen LogP contribution in [0.25, 0.3) is 0 Å². The zero-order chi connectivity index (χ0) is 11.9. The van der Waals surface area contributed by atoms with Crippen molar-refractivity contribution in [3.63, 3.8) is 0 Å². The van der Waals surface area contributed by atoms with Crippen LogP contribution < -0.4 is 4.90 Å². The Labute approximate surface area is 110 Å². The highest BCUT2D eigenvalue weighted by molar-refractivity contribution is 9.10. The van der Waals surface area contributed by atoms with Crippen LogP contribution >= 0.6 is 15.9 Å².